The number of benzene rings is 1. The molecule has 1 aromatic carbocycles. The third-order valence-electron chi connectivity index (χ3n) is 6.57. The highest BCUT2D eigenvalue weighted by molar-refractivity contribution is 5.90. The van der Waals surface area contributed by atoms with E-state index in [1.165, 1.54) is 17.0 Å². The molecule has 164 valence electrons. The van der Waals surface area contributed by atoms with Crippen LogP contribution >= 0.6 is 0 Å². The Balaban J connectivity index is 1.78. The van der Waals surface area contributed by atoms with Crippen molar-refractivity contribution in [1.29, 1.82) is 0 Å². The van der Waals surface area contributed by atoms with Gasteiger partial charge in [0.25, 0.3) is 0 Å². The van der Waals surface area contributed by atoms with Crippen LogP contribution in [-0.2, 0) is 20.8 Å². The molecule has 0 unspecified atom stereocenters. The zero-order valence-corrected chi connectivity index (χ0v) is 17.8. The summed E-state index contributed by atoms with van der Waals surface area (Å²) in [6.45, 7) is 2.88. The summed E-state index contributed by atoms with van der Waals surface area (Å²) in [5, 5.41) is 0. The van der Waals surface area contributed by atoms with E-state index in [2.05, 4.69) is 0 Å². The van der Waals surface area contributed by atoms with Gasteiger partial charge in [-0.25, -0.2) is 8.78 Å². The number of likely N-dealkylation sites (N-methyl/N-ethyl adjacent to an activating group) is 1. The van der Waals surface area contributed by atoms with Gasteiger partial charge in [-0.2, -0.15) is 0 Å². The van der Waals surface area contributed by atoms with Crippen molar-refractivity contribution in [2.75, 3.05) is 33.7 Å². The lowest BCUT2D eigenvalue weighted by Gasteiger charge is -2.51. The molecule has 0 radical (unpaired) electrons. The van der Waals surface area contributed by atoms with Crippen molar-refractivity contribution in [3.8, 4) is 0 Å². The van der Waals surface area contributed by atoms with Gasteiger partial charge in [-0.05, 0) is 38.7 Å². The molecule has 0 aromatic heterocycles. The molecular formula is C22H29F2N3O3. The zero-order chi connectivity index (χ0) is 22.1. The summed E-state index contributed by atoms with van der Waals surface area (Å²) in [5.74, 6) is -2.54. The highest BCUT2D eigenvalue weighted by atomic mass is 19.2. The Kier molecular flexibility index (Phi) is 6.43. The number of nitrogens with zero attached hydrogens (tertiary/aromatic N) is 3. The van der Waals surface area contributed by atoms with Gasteiger partial charge in [0, 0.05) is 38.8 Å². The molecule has 2 fully saturated rings. The monoisotopic (exact) mass is 421 g/mol. The van der Waals surface area contributed by atoms with E-state index in [9.17, 15) is 23.2 Å². The molecule has 1 spiro atoms. The fourth-order valence-corrected chi connectivity index (χ4v) is 4.74. The minimum atomic E-state index is -1.01. The van der Waals surface area contributed by atoms with E-state index in [0.29, 0.717) is 32.4 Å². The summed E-state index contributed by atoms with van der Waals surface area (Å²) < 4.78 is 27.5. The van der Waals surface area contributed by atoms with Gasteiger partial charge in [-0.15, -0.1) is 0 Å². The summed E-state index contributed by atoms with van der Waals surface area (Å²) in [6.07, 6.45) is 2.47. The highest BCUT2D eigenvalue weighted by Gasteiger charge is 2.52. The van der Waals surface area contributed by atoms with Crippen molar-refractivity contribution in [2.24, 2.45) is 5.41 Å². The van der Waals surface area contributed by atoms with Crippen LogP contribution in [0.3, 0.4) is 0 Å². The van der Waals surface area contributed by atoms with Crippen LogP contribution in [0.2, 0.25) is 0 Å². The zero-order valence-electron chi connectivity index (χ0n) is 17.8. The SMILES string of the molecule is C[C@H]1N(C(=O)Cc2cccc(F)c2F)CCC[C@@]12CCCN(CC(=O)N(C)C)C2=O. The molecule has 2 atom stereocenters. The Morgan fingerprint density at radius 3 is 2.50 bits per heavy atom. The predicted molar refractivity (Wildman–Crippen MR) is 107 cm³/mol. The first-order valence-corrected chi connectivity index (χ1v) is 10.4. The maximum atomic E-state index is 14.0. The number of carbonyl (C=O) groups is 3. The van der Waals surface area contributed by atoms with Crippen LogP contribution in [0.1, 0.15) is 38.2 Å². The lowest BCUT2D eigenvalue weighted by molar-refractivity contribution is -0.161. The second kappa shape index (κ2) is 8.70. The minimum absolute atomic E-state index is 0.0139. The normalized spacial score (nSPS) is 24.3. The average Bonchev–Trinajstić information content (AvgIpc) is 2.70. The van der Waals surface area contributed by atoms with Crippen molar-refractivity contribution in [2.45, 2.75) is 45.1 Å². The number of hydrogen-bond acceptors (Lipinski definition) is 3. The Morgan fingerprint density at radius 2 is 1.83 bits per heavy atom. The molecule has 0 bridgehead atoms. The van der Waals surface area contributed by atoms with E-state index in [0.717, 1.165) is 12.5 Å². The standard InChI is InChI=1S/C22H29F2N3O3/c1-15-22(9-5-11-26(21(22)30)14-19(29)25(2)3)10-6-12-27(15)18(28)13-16-7-4-8-17(23)20(16)24/h4,7-8,15H,5-6,9-14H2,1-3H3/t15-,22+/m1/s1. The maximum Gasteiger partial charge on any atom is 0.241 e. The van der Waals surface area contributed by atoms with Crippen molar-refractivity contribution in [3.63, 3.8) is 0 Å². The lowest BCUT2D eigenvalue weighted by atomic mass is 9.67. The predicted octanol–water partition coefficient (Wildman–Crippen LogP) is 2.22. The molecule has 2 aliphatic heterocycles. The molecule has 1 aromatic rings. The number of amides is 3. The van der Waals surface area contributed by atoms with Crippen molar-refractivity contribution < 1.29 is 23.2 Å². The second-order valence-corrected chi connectivity index (χ2v) is 8.53. The van der Waals surface area contributed by atoms with Gasteiger partial charge in [-0.3, -0.25) is 14.4 Å². The Morgan fingerprint density at radius 1 is 1.17 bits per heavy atom. The molecule has 6 nitrogen and oxygen atoms in total. The molecular weight excluding hydrogens is 392 g/mol. The second-order valence-electron chi connectivity index (χ2n) is 8.53. The Bertz CT molecular complexity index is 841. The van der Waals surface area contributed by atoms with Crippen molar-refractivity contribution >= 4 is 17.7 Å². The quantitative estimate of drug-likeness (QED) is 0.749. The number of carbonyl (C=O) groups excluding carboxylic acids is 3. The van der Waals surface area contributed by atoms with Gasteiger partial charge in [0.05, 0.1) is 18.4 Å². The third kappa shape index (κ3) is 4.04. The maximum absolute atomic E-state index is 14.0. The first-order valence-electron chi connectivity index (χ1n) is 10.4. The molecule has 3 rings (SSSR count). The lowest BCUT2D eigenvalue weighted by Crippen LogP contribution is -2.62. The van der Waals surface area contributed by atoms with Gasteiger partial charge in [0.1, 0.15) is 0 Å². The molecule has 0 N–H and O–H groups in total. The van der Waals surface area contributed by atoms with E-state index in [4.69, 9.17) is 0 Å². The molecule has 8 heteroatoms. The summed E-state index contributed by atoms with van der Waals surface area (Å²) >= 11 is 0. The van der Waals surface area contributed by atoms with Crippen LogP contribution in [-0.4, -0.2) is 72.2 Å². The van der Waals surface area contributed by atoms with Gasteiger partial charge < -0.3 is 14.7 Å². The minimum Gasteiger partial charge on any atom is -0.347 e. The first-order chi connectivity index (χ1) is 14.2. The molecule has 30 heavy (non-hydrogen) atoms. The molecule has 0 saturated carbocycles. The average molecular weight is 421 g/mol. The Labute approximate surface area is 175 Å². The number of piperidine rings is 2. The smallest absolute Gasteiger partial charge is 0.241 e. The summed E-state index contributed by atoms with van der Waals surface area (Å²) in [7, 11) is 3.31. The molecule has 2 aliphatic rings. The van der Waals surface area contributed by atoms with Crippen LogP contribution < -0.4 is 0 Å². The first kappa shape index (κ1) is 22.2. The van der Waals surface area contributed by atoms with E-state index in [1.807, 2.05) is 6.92 Å². The van der Waals surface area contributed by atoms with Crippen LogP contribution in [0, 0.1) is 17.0 Å². The van der Waals surface area contributed by atoms with Crippen LogP contribution in [0.15, 0.2) is 18.2 Å². The number of hydrogen-bond donors (Lipinski definition) is 0. The fourth-order valence-electron chi connectivity index (χ4n) is 4.74. The summed E-state index contributed by atoms with van der Waals surface area (Å²) in [5.41, 5.74) is -0.723. The van der Waals surface area contributed by atoms with Gasteiger partial charge in [0.15, 0.2) is 11.6 Å². The fraction of sp³-hybridized carbons (Fsp3) is 0.591. The van der Waals surface area contributed by atoms with E-state index < -0.39 is 17.0 Å². The topological polar surface area (TPSA) is 60.9 Å². The van der Waals surface area contributed by atoms with Gasteiger partial charge in [-0.1, -0.05) is 12.1 Å². The van der Waals surface area contributed by atoms with Gasteiger partial charge >= 0.3 is 0 Å². The van der Waals surface area contributed by atoms with Crippen molar-refractivity contribution in [1.82, 2.24) is 14.7 Å². The molecule has 2 saturated heterocycles. The number of rotatable bonds is 4. The molecule has 3 amide bonds. The number of likely N-dealkylation sites (tertiary alicyclic amines) is 2. The largest absolute Gasteiger partial charge is 0.347 e. The Hall–Kier alpha value is -2.51. The molecule has 0 aliphatic carbocycles. The summed E-state index contributed by atoms with van der Waals surface area (Å²) in [6, 6.07) is 3.43. The van der Waals surface area contributed by atoms with E-state index in [-0.39, 0.29) is 42.3 Å². The third-order valence-corrected chi connectivity index (χ3v) is 6.57. The van der Waals surface area contributed by atoms with Crippen LogP contribution in [0.25, 0.3) is 0 Å². The van der Waals surface area contributed by atoms with E-state index >= 15 is 0 Å². The van der Waals surface area contributed by atoms with Crippen LogP contribution in [0.5, 0.6) is 0 Å². The van der Waals surface area contributed by atoms with Crippen molar-refractivity contribution in [3.05, 3.63) is 35.4 Å². The van der Waals surface area contributed by atoms with E-state index in [1.54, 1.807) is 23.9 Å². The molecule has 2 heterocycles. The summed E-state index contributed by atoms with van der Waals surface area (Å²) in [4.78, 5) is 43.2. The van der Waals surface area contributed by atoms with Crippen LogP contribution in [0.4, 0.5) is 8.78 Å². The highest BCUT2D eigenvalue weighted by Crippen LogP contribution is 2.44. The number of halogens is 2. The van der Waals surface area contributed by atoms with Gasteiger partial charge in [0.2, 0.25) is 17.7 Å².